The standard InChI is InChI=1S/C14H12ClF3N2OS/c1-9-19-11(7-22-9)6-13(21)20(8-14(16,17)18)12-4-2-3-10(15)5-12/h2-5,7H,6,8H2,1H3. The summed E-state index contributed by atoms with van der Waals surface area (Å²) < 4.78 is 38.3. The molecule has 22 heavy (non-hydrogen) atoms. The SMILES string of the molecule is Cc1nc(CC(=O)N(CC(F)(F)F)c2cccc(Cl)c2)cs1. The first-order valence-electron chi connectivity index (χ1n) is 6.28. The van der Waals surface area contributed by atoms with Gasteiger partial charge in [-0.3, -0.25) is 4.79 Å². The van der Waals surface area contributed by atoms with Crippen LogP contribution >= 0.6 is 22.9 Å². The smallest absolute Gasteiger partial charge is 0.303 e. The summed E-state index contributed by atoms with van der Waals surface area (Å²) in [6, 6.07) is 5.78. The van der Waals surface area contributed by atoms with E-state index < -0.39 is 18.6 Å². The lowest BCUT2D eigenvalue weighted by molar-refractivity contribution is -0.132. The number of alkyl halides is 3. The van der Waals surface area contributed by atoms with Crippen LogP contribution in [0.3, 0.4) is 0 Å². The zero-order chi connectivity index (χ0) is 16.3. The fourth-order valence-electron chi connectivity index (χ4n) is 1.89. The minimum Gasteiger partial charge on any atom is -0.303 e. The number of benzene rings is 1. The maximum Gasteiger partial charge on any atom is 0.406 e. The summed E-state index contributed by atoms with van der Waals surface area (Å²) in [6.07, 6.45) is -4.69. The Kier molecular flexibility index (Phi) is 5.08. The van der Waals surface area contributed by atoms with Crippen molar-refractivity contribution in [1.82, 2.24) is 4.98 Å². The van der Waals surface area contributed by atoms with Gasteiger partial charge in [-0.05, 0) is 25.1 Å². The van der Waals surface area contributed by atoms with Crippen LogP contribution in [-0.2, 0) is 11.2 Å². The van der Waals surface area contributed by atoms with Gasteiger partial charge in [0.25, 0.3) is 0 Å². The molecule has 0 aliphatic carbocycles. The first-order valence-corrected chi connectivity index (χ1v) is 7.54. The van der Waals surface area contributed by atoms with Crippen LogP contribution in [0.5, 0.6) is 0 Å². The highest BCUT2D eigenvalue weighted by Crippen LogP contribution is 2.25. The molecule has 0 radical (unpaired) electrons. The van der Waals surface area contributed by atoms with E-state index in [0.29, 0.717) is 10.6 Å². The first-order chi connectivity index (χ1) is 10.2. The van der Waals surface area contributed by atoms with Crippen LogP contribution in [0.2, 0.25) is 5.02 Å². The maximum absolute atomic E-state index is 12.8. The van der Waals surface area contributed by atoms with Crippen LogP contribution < -0.4 is 4.90 Å². The summed E-state index contributed by atoms with van der Waals surface area (Å²) in [6.45, 7) is 0.401. The van der Waals surface area contributed by atoms with Gasteiger partial charge in [-0.2, -0.15) is 13.2 Å². The normalized spacial score (nSPS) is 11.5. The fourth-order valence-corrected chi connectivity index (χ4v) is 2.68. The molecule has 0 unspecified atom stereocenters. The highest BCUT2D eigenvalue weighted by atomic mass is 35.5. The van der Waals surface area contributed by atoms with Crippen LogP contribution in [0.25, 0.3) is 0 Å². The number of carbonyl (C=O) groups is 1. The van der Waals surface area contributed by atoms with Crippen molar-refractivity contribution in [2.75, 3.05) is 11.4 Å². The van der Waals surface area contributed by atoms with Crippen molar-refractivity contribution in [3.63, 3.8) is 0 Å². The number of hydrogen-bond donors (Lipinski definition) is 0. The van der Waals surface area contributed by atoms with E-state index in [1.165, 1.54) is 35.6 Å². The molecule has 3 nitrogen and oxygen atoms in total. The van der Waals surface area contributed by atoms with Gasteiger partial charge in [-0.25, -0.2) is 4.98 Å². The van der Waals surface area contributed by atoms with Crippen molar-refractivity contribution in [3.05, 3.63) is 45.4 Å². The van der Waals surface area contributed by atoms with E-state index in [9.17, 15) is 18.0 Å². The largest absolute Gasteiger partial charge is 0.406 e. The molecule has 0 saturated heterocycles. The van der Waals surface area contributed by atoms with E-state index in [1.807, 2.05) is 0 Å². The Morgan fingerprint density at radius 3 is 2.68 bits per heavy atom. The molecule has 0 aliphatic rings. The Bertz CT molecular complexity index is 672. The molecule has 118 valence electrons. The summed E-state index contributed by atoms with van der Waals surface area (Å²) in [7, 11) is 0. The van der Waals surface area contributed by atoms with Gasteiger partial charge in [0.15, 0.2) is 0 Å². The van der Waals surface area contributed by atoms with Crippen molar-refractivity contribution in [3.8, 4) is 0 Å². The Balaban J connectivity index is 2.25. The molecule has 0 atom stereocenters. The highest BCUT2D eigenvalue weighted by molar-refractivity contribution is 7.09. The van der Waals surface area contributed by atoms with Gasteiger partial charge in [0, 0.05) is 16.1 Å². The molecule has 0 aliphatic heterocycles. The second-order valence-corrected chi connectivity index (χ2v) is 6.11. The number of nitrogens with zero attached hydrogens (tertiary/aromatic N) is 2. The Morgan fingerprint density at radius 2 is 2.14 bits per heavy atom. The van der Waals surface area contributed by atoms with E-state index in [2.05, 4.69) is 4.98 Å². The zero-order valence-electron chi connectivity index (χ0n) is 11.5. The Labute approximate surface area is 134 Å². The molecule has 2 rings (SSSR count). The van der Waals surface area contributed by atoms with Crippen LogP contribution in [0, 0.1) is 6.92 Å². The fraction of sp³-hybridized carbons (Fsp3) is 0.286. The lowest BCUT2D eigenvalue weighted by Gasteiger charge is -2.24. The second-order valence-electron chi connectivity index (χ2n) is 4.61. The molecule has 0 bridgehead atoms. The Hall–Kier alpha value is -1.60. The van der Waals surface area contributed by atoms with Crippen molar-refractivity contribution in [2.45, 2.75) is 19.5 Å². The number of aromatic nitrogens is 1. The molecule has 1 amide bonds. The quantitative estimate of drug-likeness (QED) is 0.828. The van der Waals surface area contributed by atoms with Crippen molar-refractivity contribution < 1.29 is 18.0 Å². The van der Waals surface area contributed by atoms with Gasteiger partial charge >= 0.3 is 6.18 Å². The third-order valence-electron chi connectivity index (χ3n) is 2.76. The monoisotopic (exact) mass is 348 g/mol. The molecule has 1 aromatic carbocycles. The van der Waals surface area contributed by atoms with Gasteiger partial charge in [-0.15, -0.1) is 11.3 Å². The Morgan fingerprint density at radius 1 is 1.41 bits per heavy atom. The molecule has 0 saturated carbocycles. The number of halogens is 4. The molecule has 8 heteroatoms. The number of aryl methyl sites for hydroxylation is 1. The summed E-state index contributed by atoms with van der Waals surface area (Å²) >= 11 is 7.14. The molecule has 1 heterocycles. The zero-order valence-corrected chi connectivity index (χ0v) is 13.1. The topological polar surface area (TPSA) is 33.2 Å². The number of carbonyl (C=O) groups excluding carboxylic acids is 1. The number of anilines is 1. The van der Waals surface area contributed by atoms with Crippen molar-refractivity contribution >= 4 is 34.5 Å². The average molecular weight is 349 g/mol. The van der Waals surface area contributed by atoms with Gasteiger partial charge in [0.1, 0.15) is 6.54 Å². The highest BCUT2D eigenvalue weighted by Gasteiger charge is 2.34. The molecular formula is C14H12ClF3N2OS. The lowest BCUT2D eigenvalue weighted by atomic mass is 10.2. The van der Waals surface area contributed by atoms with Crippen molar-refractivity contribution in [2.24, 2.45) is 0 Å². The molecule has 0 fully saturated rings. The number of amides is 1. The van der Waals surface area contributed by atoms with Gasteiger partial charge in [0.05, 0.1) is 17.1 Å². The molecular weight excluding hydrogens is 337 g/mol. The van der Waals surface area contributed by atoms with E-state index in [4.69, 9.17) is 11.6 Å². The molecule has 0 spiro atoms. The van der Waals surface area contributed by atoms with E-state index >= 15 is 0 Å². The second kappa shape index (κ2) is 6.66. The number of rotatable bonds is 4. The summed E-state index contributed by atoms with van der Waals surface area (Å²) in [5, 5.41) is 2.69. The van der Waals surface area contributed by atoms with Crippen LogP contribution in [0.1, 0.15) is 10.7 Å². The third kappa shape index (κ3) is 4.71. The first kappa shape index (κ1) is 16.8. The molecule has 0 N–H and O–H groups in total. The van der Waals surface area contributed by atoms with Gasteiger partial charge in [-0.1, -0.05) is 17.7 Å². The predicted octanol–water partition coefficient (Wildman–Crippen LogP) is 4.24. The third-order valence-corrected chi connectivity index (χ3v) is 3.81. The van der Waals surface area contributed by atoms with Crippen molar-refractivity contribution in [1.29, 1.82) is 0 Å². The predicted molar refractivity (Wildman–Crippen MR) is 80.4 cm³/mol. The minimum atomic E-state index is -4.50. The number of hydrogen-bond acceptors (Lipinski definition) is 3. The molecule has 2 aromatic rings. The van der Waals surface area contributed by atoms with E-state index in [-0.39, 0.29) is 17.1 Å². The summed E-state index contributed by atoms with van der Waals surface area (Å²) in [4.78, 5) is 17.0. The van der Waals surface area contributed by atoms with Gasteiger partial charge in [0.2, 0.25) is 5.91 Å². The van der Waals surface area contributed by atoms with Gasteiger partial charge < -0.3 is 4.90 Å². The maximum atomic E-state index is 12.8. The molecule has 1 aromatic heterocycles. The lowest BCUT2D eigenvalue weighted by Crippen LogP contribution is -2.40. The minimum absolute atomic E-state index is 0.113. The van der Waals surface area contributed by atoms with E-state index in [0.717, 1.165) is 5.01 Å². The average Bonchev–Trinajstić information content (AvgIpc) is 2.80. The summed E-state index contributed by atoms with van der Waals surface area (Å²) in [5.74, 6) is -0.676. The van der Waals surface area contributed by atoms with E-state index in [1.54, 1.807) is 12.3 Å². The van der Waals surface area contributed by atoms with Crippen LogP contribution in [-0.4, -0.2) is 23.6 Å². The van der Waals surface area contributed by atoms with Crippen LogP contribution in [0.15, 0.2) is 29.6 Å². The number of thiazole rings is 1. The summed E-state index contributed by atoms with van der Waals surface area (Å²) in [5.41, 5.74) is 0.573. The van der Waals surface area contributed by atoms with Crippen LogP contribution in [0.4, 0.5) is 18.9 Å².